The number of aryl methyl sites for hydroxylation is 1. The fourth-order valence-corrected chi connectivity index (χ4v) is 2.27. The highest BCUT2D eigenvalue weighted by atomic mass is 32.1. The van der Waals surface area contributed by atoms with Gasteiger partial charge in [0.1, 0.15) is 0 Å². The van der Waals surface area contributed by atoms with Crippen LogP contribution in [0.25, 0.3) is 22.2 Å². The number of rotatable bonds is 2. The first-order valence-electron chi connectivity index (χ1n) is 5.27. The third kappa shape index (κ3) is 1.99. The minimum atomic E-state index is 0.580. The van der Waals surface area contributed by atoms with Gasteiger partial charge in [0.25, 0.3) is 5.89 Å². The second-order valence-electron chi connectivity index (χ2n) is 3.77. The van der Waals surface area contributed by atoms with E-state index >= 15 is 0 Å². The predicted molar refractivity (Wildman–Crippen MR) is 67.8 cm³/mol. The predicted octanol–water partition coefficient (Wildman–Crippen LogP) is 3.77. The lowest BCUT2D eigenvalue weighted by molar-refractivity contribution is 0.433. The van der Waals surface area contributed by atoms with Crippen LogP contribution in [0.3, 0.4) is 0 Å². The molecule has 0 N–H and O–H groups in total. The zero-order chi connectivity index (χ0) is 11.7. The molecule has 0 amide bonds. The van der Waals surface area contributed by atoms with Gasteiger partial charge in [0.2, 0.25) is 5.82 Å². The van der Waals surface area contributed by atoms with Crippen LogP contribution in [-0.2, 0) is 0 Å². The number of hydrogen-bond acceptors (Lipinski definition) is 4. The van der Waals surface area contributed by atoms with E-state index in [1.807, 2.05) is 48.7 Å². The minimum Gasteiger partial charge on any atom is -0.333 e. The number of nitrogens with zero attached hydrogens (tertiary/aromatic N) is 2. The van der Waals surface area contributed by atoms with Crippen LogP contribution in [-0.4, -0.2) is 10.1 Å². The van der Waals surface area contributed by atoms with Gasteiger partial charge in [-0.1, -0.05) is 35.0 Å². The molecule has 84 valence electrons. The lowest BCUT2D eigenvalue weighted by Gasteiger charge is -1.94. The van der Waals surface area contributed by atoms with E-state index < -0.39 is 0 Å². The molecular formula is C13H10N2OS. The molecule has 0 radical (unpaired) electrons. The van der Waals surface area contributed by atoms with Gasteiger partial charge in [0, 0.05) is 5.56 Å². The van der Waals surface area contributed by atoms with Crippen LogP contribution in [0.1, 0.15) is 5.56 Å². The van der Waals surface area contributed by atoms with Crippen molar-refractivity contribution in [1.29, 1.82) is 0 Å². The molecule has 3 rings (SSSR count). The zero-order valence-electron chi connectivity index (χ0n) is 9.25. The third-order valence-electron chi connectivity index (χ3n) is 2.43. The monoisotopic (exact) mass is 242 g/mol. The molecule has 17 heavy (non-hydrogen) atoms. The van der Waals surface area contributed by atoms with Gasteiger partial charge in [0.15, 0.2) is 0 Å². The average molecular weight is 242 g/mol. The lowest BCUT2D eigenvalue weighted by Crippen LogP contribution is -1.81. The molecule has 0 aliphatic heterocycles. The van der Waals surface area contributed by atoms with Crippen molar-refractivity contribution in [2.45, 2.75) is 6.92 Å². The van der Waals surface area contributed by atoms with Crippen molar-refractivity contribution in [1.82, 2.24) is 10.1 Å². The summed E-state index contributed by atoms with van der Waals surface area (Å²) >= 11 is 1.59. The summed E-state index contributed by atoms with van der Waals surface area (Å²) in [7, 11) is 0. The summed E-state index contributed by atoms with van der Waals surface area (Å²) in [5, 5.41) is 6.00. The molecule has 0 saturated carbocycles. The Labute approximate surface area is 103 Å². The van der Waals surface area contributed by atoms with Crippen molar-refractivity contribution in [2.24, 2.45) is 0 Å². The molecule has 3 nitrogen and oxygen atoms in total. The van der Waals surface area contributed by atoms with E-state index in [2.05, 4.69) is 10.1 Å². The Morgan fingerprint density at radius 1 is 1.18 bits per heavy atom. The second-order valence-corrected chi connectivity index (χ2v) is 4.72. The summed E-state index contributed by atoms with van der Waals surface area (Å²) in [6, 6.07) is 12.0. The van der Waals surface area contributed by atoms with Gasteiger partial charge in [-0.2, -0.15) is 4.98 Å². The van der Waals surface area contributed by atoms with Crippen LogP contribution in [0.4, 0.5) is 0 Å². The van der Waals surface area contributed by atoms with E-state index in [1.54, 1.807) is 11.3 Å². The highest BCUT2D eigenvalue weighted by molar-refractivity contribution is 7.13. The summed E-state index contributed by atoms with van der Waals surface area (Å²) in [6.07, 6.45) is 0. The topological polar surface area (TPSA) is 38.9 Å². The van der Waals surface area contributed by atoms with E-state index in [4.69, 9.17) is 4.52 Å². The summed E-state index contributed by atoms with van der Waals surface area (Å²) in [5.41, 5.74) is 2.17. The molecule has 0 unspecified atom stereocenters. The molecule has 4 heteroatoms. The maximum Gasteiger partial charge on any atom is 0.268 e. The number of hydrogen-bond donors (Lipinski definition) is 0. The maximum absolute atomic E-state index is 5.25. The first-order chi connectivity index (χ1) is 8.33. The van der Waals surface area contributed by atoms with Crippen molar-refractivity contribution >= 4 is 11.3 Å². The number of thiophene rings is 1. The first-order valence-corrected chi connectivity index (χ1v) is 6.15. The van der Waals surface area contributed by atoms with Gasteiger partial charge in [-0.05, 0) is 24.4 Å². The van der Waals surface area contributed by atoms with Crippen molar-refractivity contribution < 1.29 is 4.52 Å². The molecule has 1 aromatic carbocycles. The van der Waals surface area contributed by atoms with Gasteiger partial charge in [-0.25, -0.2) is 0 Å². The van der Waals surface area contributed by atoms with Crippen LogP contribution in [0.5, 0.6) is 0 Å². The van der Waals surface area contributed by atoms with Crippen LogP contribution in [0.2, 0.25) is 0 Å². The summed E-state index contributed by atoms with van der Waals surface area (Å²) in [6.45, 7) is 2.05. The SMILES string of the molecule is Cc1cccc(-c2noc(-c3cccs3)n2)c1. The van der Waals surface area contributed by atoms with Crippen molar-refractivity contribution in [2.75, 3.05) is 0 Å². The van der Waals surface area contributed by atoms with Crippen LogP contribution in [0.15, 0.2) is 46.3 Å². The largest absolute Gasteiger partial charge is 0.333 e. The fourth-order valence-electron chi connectivity index (χ4n) is 1.63. The van der Waals surface area contributed by atoms with E-state index in [0.29, 0.717) is 11.7 Å². The Hall–Kier alpha value is -1.94. The average Bonchev–Trinajstić information content (AvgIpc) is 3.00. The highest BCUT2D eigenvalue weighted by Gasteiger charge is 2.10. The lowest BCUT2D eigenvalue weighted by atomic mass is 10.1. The molecule has 0 fully saturated rings. The maximum atomic E-state index is 5.25. The van der Waals surface area contributed by atoms with Crippen molar-refractivity contribution in [3.8, 4) is 22.2 Å². The zero-order valence-corrected chi connectivity index (χ0v) is 10.1. The summed E-state index contributed by atoms with van der Waals surface area (Å²) in [4.78, 5) is 5.39. The molecule has 0 aliphatic rings. The van der Waals surface area contributed by atoms with Gasteiger partial charge >= 0.3 is 0 Å². The molecule has 3 aromatic rings. The molecule has 0 atom stereocenters. The van der Waals surface area contributed by atoms with Gasteiger partial charge in [-0.15, -0.1) is 11.3 Å². The second kappa shape index (κ2) is 4.14. The van der Waals surface area contributed by atoms with Gasteiger partial charge < -0.3 is 4.52 Å². The Morgan fingerprint density at radius 3 is 2.88 bits per heavy atom. The summed E-state index contributed by atoms with van der Waals surface area (Å²) < 4.78 is 5.25. The highest BCUT2D eigenvalue weighted by Crippen LogP contribution is 2.25. The van der Waals surface area contributed by atoms with E-state index in [-0.39, 0.29) is 0 Å². The third-order valence-corrected chi connectivity index (χ3v) is 3.29. The van der Waals surface area contributed by atoms with Crippen LogP contribution < -0.4 is 0 Å². The molecule has 2 heterocycles. The molecule has 2 aromatic heterocycles. The standard InChI is InChI=1S/C13H10N2OS/c1-9-4-2-5-10(8-9)12-14-13(16-15-12)11-6-3-7-17-11/h2-8H,1H3. The van der Waals surface area contributed by atoms with E-state index in [1.165, 1.54) is 5.56 Å². The smallest absolute Gasteiger partial charge is 0.268 e. The first kappa shape index (κ1) is 10.2. The van der Waals surface area contributed by atoms with Crippen LogP contribution in [0, 0.1) is 6.92 Å². The van der Waals surface area contributed by atoms with Crippen molar-refractivity contribution in [3.63, 3.8) is 0 Å². The quantitative estimate of drug-likeness (QED) is 0.686. The Balaban J connectivity index is 2.01. The van der Waals surface area contributed by atoms with Gasteiger partial charge in [0.05, 0.1) is 4.88 Å². The minimum absolute atomic E-state index is 0.580. The normalized spacial score (nSPS) is 10.6. The fraction of sp³-hybridized carbons (Fsp3) is 0.0769. The number of benzene rings is 1. The molecule has 0 bridgehead atoms. The van der Waals surface area contributed by atoms with Crippen LogP contribution >= 0.6 is 11.3 Å². The van der Waals surface area contributed by atoms with Gasteiger partial charge in [-0.3, -0.25) is 0 Å². The van der Waals surface area contributed by atoms with Crippen molar-refractivity contribution in [3.05, 3.63) is 47.3 Å². The molecular weight excluding hydrogens is 232 g/mol. The molecule has 0 spiro atoms. The van der Waals surface area contributed by atoms with E-state index in [9.17, 15) is 0 Å². The number of aromatic nitrogens is 2. The molecule has 0 aliphatic carbocycles. The van der Waals surface area contributed by atoms with E-state index in [0.717, 1.165) is 10.4 Å². The Kier molecular flexibility index (Phi) is 2.49. The Morgan fingerprint density at radius 2 is 2.12 bits per heavy atom. The Bertz CT molecular complexity index is 628. The summed E-state index contributed by atoms with van der Waals surface area (Å²) in [5.74, 6) is 1.22. The molecule has 0 saturated heterocycles.